The van der Waals surface area contributed by atoms with Crippen molar-refractivity contribution in [2.24, 2.45) is 0 Å². The predicted octanol–water partition coefficient (Wildman–Crippen LogP) is 3.76. The third-order valence-corrected chi connectivity index (χ3v) is 4.17. The molecule has 3 rings (SSSR count). The lowest BCUT2D eigenvalue weighted by Crippen LogP contribution is -2.31. The van der Waals surface area contributed by atoms with Crippen molar-refractivity contribution < 1.29 is 4.79 Å². The summed E-state index contributed by atoms with van der Waals surface area (Å²) in [6.07, 6.45) is 5.48. The van der Waals surface area contributed by atoms with Gasteiger partial charge in [0.15, 0.2) is 5.69 Å². The second-order valence-electron chi connectivity index (χ2n) is 6.27. The number of nitrogens with zero attached hydrogens (tertiary/aromatic N) is 3. The summed E-state index contributed by atoms with van der Waals surface area (Å²) in [5.41, 5.74) is 4.44. The van der Waals surface area contributed by atoms with Gasteiger partial charge in [-0.1, -0.05) is 53.9 Å². The van der Waals surface area contributed by atoms with Crippen LogP contribution in [0.2, 0.25) is 0 Å². The fourth-order valence-electron chi connectivity index (χ4n) is 2.80. The molecule has 0 aliphatic rings. The highest BCUT2D eigenvalue weighted by molar-refractivity contribution is 5.92. The van der Waals surface area contributed by atoms with Crippen LogP contribution in [0.3, 0.4) is 0 Å². The third-order valence-electron chi connectivity index (χ3n) is 4.17. The molecule has 4 nitrogen and oxygen atoms in total. The molecule has 0 saturated carbocycles. The lowest BCUT2D eigenvalue weighted by Gasteiger charge is -2.19. The van der Waals surface area contributed by atoms with Gasteiger partial charge in [-0.25, -0.2) is 4.68 Å². The molecule has 0 unspecified atom stereocenters. The molecule has 0 saturated heterocycles. The first-order valence-corrected chi connectivity index (χ1v) is 8.49. The van der Waals surface area contributed by atoms with Crippen LogP contribution in [-0.2, 0) is 6.54 Å². The van der Waals surface area contributed by atoms with Crippen molar-refractivity contribution in [1.29, 1.82) is 0 Å². The molecule has 0 spiro atoms. The maximum atomic E-state index is 13.0. The van der Waals surface area contributed by atoms with Crippen LogP contribution in [0.25, 0.3) is 5.69 Å². The van der Waals surface area contributed by atoms with Crippen LogP contribution >= 0.6 is 0 Å². The monoisotopic (exact) mass is 343 g/mol. The number of hydrogen-bond acceptors (Lipinski definition) is 2. The van der Waals surface area contributed by atoms with Crippen LogP contribution in [0.4, 0.5) is 0 Å². The zero-order chi connectivity index (χ0) is 18.5. The Morgan fingerprint density at radius 1 is 1.12 bits per heavy atom. The molecule has 2 aromatic carbocycles. The second-order valence-corrected chi connectivity index (χ2v) is 6.27. The molecule has 0 bridgehead atoms. The van der Waals surface area contributed by atoms with Crippen molar-refractivity contribution in [2.45, 2.75) is 20.4 Å². The Kier molecular flexibility index (Phi) is 5.19. The van der Waals surface area contributed by atoms with Crippen LogP contribution in [-0.4, -0.2) is 27.1 Å². The van der Waals surface area contributed by atoms with Gasteiger partial charge in [-0.2, -0.15) is 5.10 Å². The van der Waals surface area contributed by atoms with Gasteiger partial charge in [-0.15, -0.1) is 6.42 Å². The maximum Gasteiger partial charge on any atom is 0.275 e. The van der Waals surface area contributed by atoms with Gasteiger partial charge in [0.1, 0.15) is 0 Å². The topological polar surface area (TPSA) is 38.1 Å². The number of carbonyl (C=O) groups excluding carboxylic acids is 1. The number of aryl methyl sites for hydroxylation is 2. The first kappa shape index (κ1) is 17.5. The zero-order valence-corrected chi connectivity index (χ0v) is 15.0. The molecule has 0 N–H and O–H groups in total. The van der Waals surface area contributed by atoms with E-state index in [0.29, 0.717) is 12.2 Å². The molecular weight excluding hydrogens is 322 g/mol. The molecule has 0 aliphatic carbocycles. The molecule has 3 aromatic rings. The van der Waals surface area contributed by atoms with Gasteiger partial charge in [0.25, 0.3) is 5.91 Å². The summed E-state index contributed by atoms with van der Waals surface area (Å²) in [7, 11) is 0. The highest BCUT2D eigenvalue weighted by Gasteiger charge is 2.20. The number of aromatic nitrogens is 2. The summed E-state index contributed by atoms with van der Waals surface area (Å²) in [5.74, 6) is 2.41. The number of amides is 1. The Morgan fingerprint density at radius 3 is 2.46 bits per heavy atom. The molecular formula is C22H21N3O. The molecule has 1 aromatic heterocycles. The van der Waals surface area contributed by atoms with E-state index in [1.165, 1.54) is 5.56 Å². The largest absolute Gasteiger partial charge is 0.322 e. The summed E-state index contributed by atoms with van der Waals surface area (Å²) < 4.78 is 1.77. The minimum absolute atomic E-state index is 0.165. The highest BCUT2D eigenvalue weighted by Crippen LogP contribution is 2.15. The standard InChI is InChI=1S/C22H21N3O/c1-4-14-24(16-19-12-10-17(2)11-13-19)22(26)21-15-18(3)25(23-21)20-8-6-5-7-9-20/h1,5-13,15H,14,16H2,2-3H3. The van der Waals surface area contributed by atoms with Crippen molar-refractivity contribution in [1.82, 2.24) is 14.7 Å². The van der Waals surface area contributed by atoms with Gasteiger partial charge in [0, 0.05) is 12.2 Å². The number of carbonyl (C=O) groups is 1. The van der Waals surface area contributed by atoms with E-state index in [1.54, 1.807) is 15.6 Å². The average molecular weight is 343 g/mol. The van der Waals surface area contributed by atoms with Crippen molar-refractivity contribution in [2.75, 3.05) is 6.54 Å². The molecule has 130 valence electrons. The quantitative estimate of drug-likeness (QED) is 0.662. The fraction of sp³-hybridized carbons (Fsp3) is 0.182. The lowest BCUT2D eigenvalue weighted by molar-refractivity contribution is 0.0759. The van der Waals surface area contributed by atoms with Crippen molar-refractivity contribution in [3.05, 3.63) is 83.2 Å². The van der Waals surface area contributed by atoms with Gasteiger partial charge >= 0.3 is 0 Å². The van der Waals surface area contributed by atoms with Crippen LogP contribution in [0.1, 0.15) is 27.3 Å². The summed E-state index contributed by atoms with van der Waals surface area (Å²) in [4.78, 5) is 14.6. The molecule has 1 amide bonds. The minimum atomic E-state index is -0.165. The van der Waals surface area contributed by atoms with Gasteiger partial charge in [-0.3, -0.25) is 4.79 Å². The molecule has 0 radical (unpaired) electrons. The number of rotatable bonds is 5. The average Bonchev–Trinajstić information content (AvgIpc) is 3.05. The molecule has 0 atom stereocenters. The Bertz CT molecular complexity index is 934. The van der Waals surface area contributed by atoms with E-state index >= 15 is 0 Å². The van der Waals surface area contributed by atoms with E-state index in [2.05, 4.69) is 11.0 Å². The highest BCUT2D eigenvalue weighted by atomic mass is 16.2. The van der Waals surface area contributed by atoms with E-state index < -0.39 is 0 Å². The Hall–Kier alpha value is -3.32. The van der Waals surface area contributed by atoms with Gasteiger partial charge in [0.2, 0.25) is 0 Å². The molecule has 0 aliphatic heterocycles. The maximum absolute atomic E-state index is 13.0. The van der Waals surface area contributed by atoms with Crippen LogP contribution in [0, 0.1) is 26.2 Å². The number of benzene rings is 2. The number of hydrogen-bond donors (Lipinski definition) is 0. The van der Waals surface area contributed by atoms with Crippen molar-refractivity contribution >= 4 is 5.91 Å². The zero-order valence-electron chi connectivity index (χ0n) is 15.0. The Labute approximate surface area is 154 Å². The first-order chi connectivity index (χ1) is 12.6. The van der Waals surface area contributed by atoms with E-state index in [1.807, 2.05) is 68.4 Å². The van der Waals surface area contributed by atoms with Gasteiger partial charge in [-0.05, 0) is 37.6 Å². The Balaban J connectivity index is 1.86. The number of para-hydroxylation sites is 1. The molecule has 1 heterocycles. The summed E-state index contributed by atoms with van der Waals surface area (Å²) >= 11 is 0. The molecule has 4 heteroatoms. The third kappa shape index (κ3) is 3.84. The first-order valence-electron chi connectivity index (χ1n) is 8.49. The van der Waals surface area contributed by atoms with Gasteiger partial charge < -0.3 is 4.90 Å². The van der Waals surface area contributed by atoms with E-state index in [-0.39, 0.29) is 12.5 Å². The number of terminal acetylenes is 1. The smallest absolute Gasteiger partial charge is 0.275 e. The van der Waals surface area contributed by atoms with Crippen molar-refractivity contribution in [3.63, 3.8) is 0 Å². The van der Waals surface area contributed by atoms with E-state index in [9.17, 15) is 4.79 Å². The van der Waals surface area contributed by atoms with Crippen LogP contribution < -0.4 is 0 Å². The van der Waals surface area contributed by atoms with Crippen LogP contribution in [0.5, 0.6) is 0 Å². The van der Waals surface area contributed by atoms with E-state index in [4.69, 9.17) is 6.42 Å². The lowest BCUT2D eigenvalue weighted by atomic mass is 10.1. The summed E-state index contributed by atoms with van der Waals surface area (Å²) in [5, 5.41) is 4.50. The fourth-order valence-corrected chi connectivity index (χ4v) is 2.80. The summed E-state index contributed by atoms with van der Waals surface area (Å²) in [6, 6.07) is 19.6. The van der Waals surface area contributed by atoms with E-state index in [0.717, 1.165) is 16.9 Å². The Morgan fingerprint density at radius 2 is 1.81 bits per heavy atom. The predicted molar refractivity (Wildman–Crippen MR) is 103 cm³/mol. The molecule has 26 heavy (non-hydrogen) atoms. The molecule has 0 fully saturated rings. The second kappa shape index (κ2) is 7.71. The van der Waals surface area contributed by atoms with Crippen molar-refractivity contribution in [3.8, 4) is 18.0 Å². The minimum Gasteiger partial charge on any atom is -0.322 e. The van der Waals surface area contributed by atoms with Gasteiger partial charge in [0.05, 0.1) is 12.2 Å². The summed E-state index contributed by atoms with van der Waals surface area (Å²) in [6.45, 7) is 4.67. The normalized spacial score (nSPS) is 10.3. The SMILES string of the molecule is C#CCN(Cc1ccc(C)cc1)C(=O)c1cc(C)n(-c2ccccc2)n1. The van der Waals surface area contributed by atoms with Crippen LogP contribution in [0.15, 0.2) is 60.7 Å².